The minimum absolute atomic E-state index is 0.0837. The Labute approximate surface area is 148 Å². The molecule has 0 aliphatic carbocycles. The number of nitro benzene ring substituents is 1. The molecule has 0 aromatic heterocycles. The third kappa shape index (κ3) is 4.92. The number of nitrogens with two attached hydrogens (primary N) is 1. The molecular weight excluding hydrogens is 353 g/mol. The van der Waals surface area contributed by atoms with E-state index in [-0.39, 0.29) is 29.2 Å². The van der Waals surface area contributed by atoms with Crippen LogP contribution in [0, 0.1) is 10.1 Å². The van der Waals surface area contributed by atoms with Crippen molar-refractivity contribution in [3.63, 3.8) is 0 Å². The Morgan fingerprint density at radius 2 is 1.92 bits per heavy atom. The maximum absolute atomic E-state index is 12.0. The van der Waals surface area contributed by atoms with Gasteiger partial charge in [0.25, 0.3) is 11.6 Å². The fourth-order valence-electron chi connectivity index (χ4n) is 2.11. The quantitative estimate of drug-likeness (QED) is 0.606. The highest BCUT2D eigenvalue weighted by atomic mass is 35.5. The number of carbonyl (C=O) groups excluding carboxylic acids is 1. The molecule has 2 aromatic carbocycles. The van der Waals surface area contributed by atoms with Gasteiger partial charge in [0, 0.05) is 22.7 Å². The smallest absolute Gasteiger partial charge is 0.279 e. The molecule has 0 spiro atoms. The summed E-state index contributed by atoms with van der Waals surface area (Å²) in [5.41, 5.74) is 1.28. The molecule has 0 aliphatic heterocycles. The van der Waals surface area contributed by atoms with Crippen LogP contribution in [0.4, 0.5) is 11.4 Å². The van der Waals surface area contributed by atoms with Crippen LogP contribution in [0.2, 0.25) is 10.0 Å². The van der Waals surface area contributed by atoms with Crippen molar-refractivity contribution in [2.24, 2.45) is 0 Å². The molecule has 2 rings (SSSR count). The average Bonchev–Trinajstić information content (AvgIpc) is 2.55. The minimum atomic E-state index is -0.543. The van der Waals surface area contributed by atoms with Gasteiger partial charge in [-0.15, -0.1) is 0 Å². The molecule has 1 atom stereocenters. The fraction of sp³-hybridized carbons (Fsp3) is 0.188. The van der Waals surface area contributed by atoms with E-state index in [4.69, 9.17) is 23.2 Å². The number of amides is 1. The van der Waals surface area contributed by atoms with Gasteiger partial charge in [0.2, 0.25) is 0 Å². The van der Waals surface area contributed by atoms with Crippen LogP contribution in [0.25, 0.3) is 0 Å². The second-order valence-electron chi connectivity index (χ2n) is 5.25. The number of rotatable bonds is 6. The SMILES string of the molecule is C[C@@H]([NH2+]CC(=O)Nc1ccc([N+](=O)[O-])cc1Cl)c1ccc(Cl)cc1. The number of halogens is 2. The van der Waals surface area contributed by atoms with Crippen LogP contribution in [0.3, 0.4) is 0 Å². The highest BCUT2D eigenvalue weighted by molar-refractivity contribution is 6.34. The zero-order chi connectivity index (χ0) is 17.7. The van der Waals surface area contributed by atoms with Crippen LogP contribution in [0.1, 0.15) is 18.5 Å². The van der Waals surface area contributed by atoms with E-state index in [0.29, 0.717) is 10.7 Å². The maximum atomic E-state index is 12.0. The van der Waals surface area contributed by atoms with Crippen LogP contribution >= 0.6 is 23.2 Å². The van der Waals surface area contributed by atoms with Crippen molar-refractivity contribution in [2.45, 2.75) is 13.0 Å². The van der Waals surface area contributed by atoms with Gasteiger partial charge in [-0.2, -0.15) is 0 Å². The van der Waals surface area contributed by atoms with Crippen molar-refractivity contribution in [3.8, 4) is 0 Å². The van der Waals surface area contributed by atoms with Gasteiger partial charge in [-0.1, -0.05) is 35.3 Å². The number of hydrogen-bond acceptors (Lipinski definition) is 3. The summed E-state index contributed by atoms with van der Waals surface area (Å²) in [5.74, 6) is -0.244. The summed E-state index contributed by atoms with van der Waals surface area (Å²) in [5, 5.41) is 16.0. The summed E-state index contributed by atoms with van der Waals surface area (Å²) < 4.78 is 0. The van der Waals surface area contributed by atoms with E-state index in [0.717, 1.165) is 5.56 Å². The molecule has 0 saturated heterocycles. The van der Waals surface area contributed by atoms with E-state index in [1.54, 1.807) is 12.1 Å². The number of nitrogens with zero attached hydrogens (tertiary/aromatic N) is 1. The minimum Gasteiger partial charge on any atom is -0.333 e. The van der Waals surface area contributed by atoms with Crippen molar-refractivity contribution in [1.29, 1.82) is 0 Å². The Bertz CT molecular complexity index is 751. The Morgan fingerprint density at radius 1 is 1.25 bits per heavy atom. The molecule has 24 heavy (non-hydrogen) atoms. The Balaban J connectivity index is 1.91. The van der Waals surface area contributed by atoms with Crippen LogP contribution in [-0.2, 0) is 4.79 Å². The molecule has 0 saturated carbocycles. The summed E-state index contributed by atoms with van der Waals surface area (Å²) >= 11 is 11.8. The highest BCUT2D eigenvalue weighted by Crippen LogP contribution is 2.26. The van der Waals surface area contributed by atoms with Gasteiger partial charge in [-0.25, -0.2) is 0 Å². The monoisotopic (exact) mass is 368 g/mol. The lowest BCUT2D eigenvalue weighted by Gasteiger charge is -2.11. The van der Waals surface area contributed by atoms with Crippen molar-refractivity contribution in [2.75, 3.05) is 11.9 Å². The normalized spacial score (nSPS) is 11.8. The zero-order valence-corrected chi connectivity index (χ0v) is 14.3. The second kappa shape index (κ2) is 8.10. The van der Waals surface area contributed by atoms with Gasteiger partial charge >= 0.3 is 0 Å². The fourth-order valence-corrected chi connectivity index (χ4v) is 2.45. The summed E-state index contributed by atoms with van der Waals surface area (Å²) in [6, 6.07) is 11.4. The summed E-state index contributed by atoms with van der Waals surface area (Å²) in [6.07, 6.45) is 0. The van der Waals surface area contributed by atoms with E-state index in [2.05, 4.69) is 5.32 Å². The Morgan fingerprint density at radius 3 is 2.50 bits per heavy atom. The molecule has 8 heteroatoms. The topological polar surface area (TPSA) is 88.8 Å². The molecule has 0 radical (unpaired) electrons. The first-order valence-electron chi connectivity index (χ1n) is 7.19. The van der Waals surface area contributed by atoms with E-state index < -0.39 is 4.92 Å². The third-order valence-electron chi connectivity index (χ3n) is 3.49. The molecule has 0 fully saturated rings. The number of carbonyl (C=O) groups is 1. The lowest BCUT2D eigenvalue weighted by atomic mass is 10.1. The third-order valence-corrected chi connectivity index (χ3v) is 4.05. The van der Waals surface area contributed by atoms with Gasteiger partial charge in [0.1, 0.15) is 6.04 Å². The number of nitro groups is 1. The molecule has 0 unspecified atom stereocenters. The molecule has 126 valence electrons. The molecule has 0 bridgehead atoms. The number of quaternary nitrogens is 1. The van der Waals surface area contributed by atoms with Crippen molar-refractivity contribution >= 4 is 40.5 Å². The second-order valence-corrected chi connectivity index (χ2v) is 6.09. The van der Waals surface area contributed by atoms with Crippen molar-refractivity contribution in [1.82, 2.24) is 0 Å². The van der Waals surface area contributed by atoms with Gasteiger partial charge in [0.05, 0.1) is 15.6 Å². The van der Waals surface area contributed by atoms with Crippen molar-refractivity contribution in [3.05, 3.63) is 68.2 Å². The van der Waals surface area contributed by atoms with Crippen LogP contribution in [-0.4, -0.2) is 17.4 Å². The van der Waals surface area contributed by atoms with Gasteiger partial charge in [-0.05, 0) is 25.1 Å². The predicted octanol–water partition coefficient (Wildman–Crippen LogP) is 3.16. The highest BCUT2D eigenvalue weighted by Gasteiger charge is 2.14. The summed E-state index contributed by atoms with van der Waals surface area (Å²) in [4.78, 5) is 22.1. The van der Waals surface area contributed by atoms with E-state index in [9.17, 15) is 14.9 Å². The molecule has 6 nitrogen and oxygen atoms in total. The Kier molecular flexibility index (Phi) is 6.14. The summed E-state index contributed by atoms with van der Waals surface area (Å²) in [7, 11) is 0. The maximum Gasteiger partial charge on any atom is 0.279 e. The predicted molar refractivity (Wildman–Crippen MR) is 93.4 cm³/mol. The number of anilines is 1. The Hall–Kier alpha value is -2.15. The molecular formula is C16H16Cl2N3O3+. The van der Waals surface area contributed by atoms with Crippen LogP contribution in [0.15, 0.2) is 42.5 Å². The average molecular weight is 369 g/mol. The van der Waals surface area contributed by atoms with Gasteiger partial charge in [-0.3, -0.25) is 14.9 Å². The first kappa shape index (κ1) is 18.2. The summed E-state index contributed by atoms with van der Waals surface area (Å²) in [6.45, 7) is 2.17. The van der Waals surface area contributed by atoms with Crippen molar-refractivity contribution < 1.29 is 15.0 Å². The largest absolute Gasteiger partial charge is 0.333 e. The number of nitrogens with one attached hydrogen (secondary N) is 1. The number of benzene rings is 2. The number of non-ortho nitro benzene ring substituents is 1. The van der Waals surface area contributed by atoms with E-state index in [1.165, 1.54) is 18.2 Å². The van der Waals surface area contributed by atoms with E-state index >= 15 is 0 Å². The molecule has 0 aliphatic rings. The lowest BCUT2D eigenvalue weighted by molar-refractivity contribution is -0.682. The van der Waals surface area contributed by atoms with E-state index in [1.807, 2.05) is 24.4 Å². The first-order valence-corrected chi connectivity index (χ1v) is 7.95. The standard InChI is InChI=1S/C16H15Cl2N3O3/c1-10(11-2-4-12(17)5-3-11)19-9-16(22)20-15-7-6-13(21(23)24)8-14(15)18/h2-8,10,19H,9H2,1H3,(H,20,22)/p+1/t10-/m1/s1. The molecule has 3 N–H and O–H groups in total. The van der Waals surface area contributed by atoms with Crippen LogP contribution < -0.4 is 10.6 Å². The first-order chi connectivity index (χ1) is 11.4. The molecule has 1 amide bonds. The molecule has 2 aromatic rings. The van der Waals surface area contributed by atoms with Gasteiger partial charge < -0.3 is 10.6 Å². The molecule has 0 heterocycles. The number of hydrogen-bond donors (Lipinski definition) is 2. The lowest BCUT2D eigenvalue weighted by Crippen LogP contribution is -2.86. The zero-order valence-electron chi connectivity index (χ0n) is 12.8. The van der Waals surface area contributed by atoms with Gasteiger partial charge in [0.15, 0.2) is 6.54 Å². The van der Waals surface area contributed by atoms with Crippen LogP contribution in [0.5, 0.6) is 0 Å².